The van der Waals surface area contributed by atoms with Crippen molar-refractivity contribution in [1.82, 2.24) is 9.97 Å². The van der Waals surface area contributed by atoms with E-state index in [1.54, 1.807) is 23.9 Å². The monoisotopic (exact) mass is 262 g/mol. The second kappa shape index (κ2) is 5.50. The Balaban J connectivity index is 2.25. The third-order valence-corrected chi connectivity index (χ3v) is 2.88. The zero-order valence-electron chi connectivity index (χ0n) is 9.53. The molecule has 0 atom stereocenters. The summed E-state index contributed by atoms with van der Waals surface area (Å²) >= 11 is 1.61. The SMILES string of the molecule is CSc1ccc(Oc2nccnc2C(=O)O)cc1. The molecule has 0 fully saturated rings. The van der Waals surface area contributed by atoms with Crippen molar-refractivity contribution in [2.75, 3.05) is 6.26 Å². The van der Waals surface area contributed by atoms with E-state index in [1.807, 2.05) is 18.4 Å². The molecule has 0 aliphatic carbocycles. The van der Waals surface area contributed by atoms with E-state index in [9.17, 15) is 4.79 Å². The van der Waals surface area contributed by atoms with Crippen LogP contribution in [0, 0.1) is 0 Å². The van der Waals surface area contributed by atoms with Crippen molar-refractivity contribution in [3.63, 3.8) is 0 Å². The van der Waals surface area contributed by atoms with Crippen LogP contribution in [0.5, 0.6) is 11.6 Å². The van der Waals surface area contributed by atoms with Crippen LogP contribution in [0.3, 0.4) is 0 Å². The highest BCUT2D eigenvalue weighted by atomic mass is 32.2. The van der Waals surface area contributed by atoms with E-state index < -0.39 is 5.97 Å². The molecule has 2 rings (SSSR count). The van der Waals surface area contributed by atoms with Gasteiger partial charge in [-0.15, -0.1) is 11.8 Å². The molecule has 1 N–H and O–H groups in total. The molecule has 0 saturated carbocycles. The smallest absolute Gasteiger partial charge is 0.360 e. The lowest BCUT2D eigenvalue weighted by atomic mass is 10.3. The van der Waals surface area contributed by atoms with Crippen molar-refractivity contribution in [3.8, 4) is 11.6 Å². The number of aromatic carboxylic acids is 1. The summed E-state index contributed by atoms with van der Waals surface area (Å²) < 4.78 is 5.41. The van der Waals surface area contributed by atoms with Crippen LogP contribution in [0.1, 0.15) is 10.5 Å². The lowest BCUT2D eigenvalue weighted by molar-refractivity contribution is 0.0686. The highest BCUT2D eigenvalue weighted by molar-refractivity contribution is 7.98. The minimum atomic E-state index is -1.17. The molecule has 2 aromatic rings. The van der Waals surface area contributed by atoms with Crippen LogP contribution in [-0.2, 0) is 0 Å². The predicted octanol–water partition coefficient (Wildman–Crippen LogP) is 2.69. The Labute approximate surface area is 108 Å². The second-order valence-electron chi connectivity index (χ2n) is 3.29. The third-order valence-electron chi connectivity index (χ3n) is 2.14. The number of aromatic nitrogens is 2. The summed E-state index contributed by atoms with van der Waals surface area (Å²) in [5.41, 5.74) is -0.202. The summed E-state index contributed by atoms with van der Waals surface area (Å²) in [6.07, 6.45) is 4.67. The largest absolute Gasteiger partial charge is 0.476 e. The van der Waals surface area contributed by atoms with Gasteiger partial charge < -0.3 is 9.84 Å². The predicted molar refractivity (Wildman–Crippen MR) is 67.3 cm³/mol. The first-order valence-electron chi connectivity index (χ1n) is 5.07. The van der Waals surface area contributed by atoms with Gasteiger partial charge in [0.05, 0.1) is 0 Å². The van der Waals surface area contributed by atoms with Gasteiger partial charge >= 0.3 is 5.97 Å². The first-order chi connectivity index (χ1) is 8.70. The van der Waals surface area contributed by atoms with Gasteiger partial charge in [-0.1, -0.05) is 0 Å². The Morgan fingerprint density at radius 1 is 1.22 bits per heavy atom. The normalized spacial score (nSPS) is 10.1. The van der Waals surface area contributed by atoms with Crippen LogP contribution in [0.15, 0.2) is 41.6 Å². The number of carbonyl (C=O) groups is 1. The molecule has 92 valence electrons. The van der Waals surface area contributed by atoms with Crippen LogP contribution in [0.2, 0.25) is 0 Å². The van der Waals surface area contributed by atoms with Gasteiger partial charge in [0.2, 0.25) is 5.69 Å². The molecule has 18 heavy (non-hydrogen) atoms. The maximum absolute atomic E-state index is 10.9. The van der Waals surface area contributed by atoms with Gasteiger partial charge in [0.25, 0.3) is 5.88 Å². The van der Waals surface area contributed by atoms with Gasteiger partial charge in [-0.3, -0.25) is 0 Å². The molecule has 0 saturated heterocycles. The average Bonchev–Trinajstić information content (AvgIpc) is 2.40. The van der Waals surface area contributed by atoms with Crippen LogP contribution < -0.4 is 4.74 Å². The summed E-state index contributed by atoms with van der Waals surface area (Å²) in [4.78, 5) is 19.6. The van der Waals surface area contributed by atoms with Gasteiger partial charge in [0.1, 0.15) is 5.75 Å². The molecule has 1 aromatic heterocycles. The number of ether oxygens (including phenoxy) is 1. The Bertz CT molecular complexity index is 558. The fourth-order valence-electron chi connectivity index (χ4n) is 1.30. The zero-order valence-corrected chi connectivity index (χ0v) is 10.3. The fraction of sp³-hybridized carbons (Fsp3) is 0.0833. The molecule has 0 unspecified atom stereocenters. The molecule has 0 radical (unpaired) electrons. The topological polar surface area (TPSA) is 72.3 Å². The molecule has 5 nitrogen and oxygen atoms in total. The lowest BCUT2D eigenvalue weighted by Crippen LogP contribution is -2.04. The van der Waals surface area contributed by atoms with Gasteiger partial charge in [-0.2, -0.15) is 0 Å². The van der Waals surface area contributed by atoms with Gasteiger partial charge in [-0.05, 0) is 30.5 Å². The first-order valence-corrected chi connectivity index (χ1v) is 6.29. The minimum absolute atomic E-state index is 0.0121. The summed E-state index contributed by atoms with van der Waals surface area (Å²) in [5, 5.41) is 8.94. The summed E-state index contributed by atoms with van der Waals surface area (Å²) in [6.45, 7) is 0. The summed E-state index contributed by atoms with van der Waals surface area (Å²) in [5.74, 6) is -0.656. The number of thioether (sulfide) groups is 1. The van der Waals surface area contributed by atoms with Crippen molar-refractivity contribution >= 4 is 17.7 Å². The van der Waals surface area contributed by atoms with Crippen molar-refractivity contribution in [2.45, 2.75) is 4.90 Å². The van der Waals surface area contributed by atoms with Gasteiger partial charge in [0.15, 0.2) is 0 Å². The maximum Gasteiger partial charge on any atom is 0.360 e. The van der Waals surface area contributed by atoms with Crippen LogP contribution in [-0.4, -0.2) is 27.3 Å². The number of carboxylic acids is 1. The number of carboxylic acid groups (broad SMARTS) is 1. The Kier molecular flexibility index (Phi) is 3.78. The van der Waals surface area contributed by atoms with Crippen molar-refractivity contribution < 1.29 is 14.6 Å². The molecule has 0 aliphatic heterocycles. The van der Waals surface area contributed by atoms with Crippen LogP contribution in [0.4, 0.5) is 0 Å². The highest BCUT2D eigenvalue weighted by Gasteiger charge is 2.14. The quantitative estimate of drug-likeness (QED) is 0.854. The van der Waals surface area contributed by atoms with Crippen LogP contribution in [0.25, 0.3) is 0 Å². The van der Waals surface area contributed by atoms with E-state index in [4.69, 9.17) is 9.84 Å². The first kappa shape index (κ1) is 12.4. The summed E-state index contributed by atoms with van der Waals surface area (Å²) in [7, 11) is 0. The Hall–Kier alpha value is -2.08. The van der Waals surface area contributed by atoms with Crippen LogP contribution >= 0.6 is 11.8 Å². The van der Waals surface area contributed by atoms with E-state index in [0.717, 1.165) is 4.90 Å². The van der Waals surface area contributed by atoms with E-state index in [0.29, 0.717) is 5.75 Å². The second-order valence-corrected chi connectivity index (χ2v) is 4.17. The van der Waals surface area contributed by atoms with E-state index in [-0.39, 0.29) is 11.6 Å². The highest BCUT2D eigenvalue weighted by Crippen LogP contribution is 2.24. The Morgan fingerprint density at radius 3 is 2.50 bits per heavy atom. The number of rotatable bonds is 4. The van der Waals surface area contributed by atoms with E-state index in [2.05, 4.69) is 9.97 Å². The fourth-order valence-corrected chi connectivity index (χ4v) is 1.71. The number of hydrogen-bond donors (Lipinski definition) is 1. The molecule has 0 amide bonds. The van der Waals surface area contributed by atoms with Gasteiger partial charge in [0, 0.05) is 17.3 Å². The average molecular weight is 262 g/mol. The third kappa shape index (κ3) is 2.78. The van der Waals surface area contributed by atoms with E-state index >= 15 is 0 Å². The number of benzene rings is 1. The molecule has 0 aliphatic rings. The number of nitrogens with zero attached hydrogens (tertiary/aromatic N) is 2. The maximum atomic E-state index is 10.9. The standard InChI is InChI=1S/C12H10N2O3S/c1-18-9-4-2-8(3-5-9)17-11-10(12(15)16)13-6-7-14-11/h2-7H,1H3,(H,15,16). The van der Waals surface area contributed by atoms with Gasteiger partial charge in [-0.25, -0.2) is 14.8 Å². The molecular formula is C12H10N2O3S. The molecule has 0 spiro atoms. The molecule has 1 aromatic carbocycles. The molecule has 0 bridgehead atoms. The molecule has 6 heteroatoms. The van der Waals surface area contributed by atoms with E-state index in [1.165, 1.54) is 12.4 Å². The Morgan fingerprint density at radius 2 is 1.89 bits per heavy atom. The lowest BCUT2D eigenvalue weighted by Gasteiger charge is -2.06. The van der Waals surface area contributed by atoms with Crippen molar-refractivity contribution in [3.05, 3.63) is 42.4 Å². The zero-order chi connectivity index (χ0) is 13.0. The van der Waals surface area contributed by atoms with Crippen molar-refractivity contribution in [1.29, 1.82) is 0 Å². The molecule has 1 heterocycles. The number of hydrogen-bond acceptors (Lipinski definition) is 5. The molecular weight excluding hydrogens is 252 g/mol. The summed E-state index contributed by atoms with van der Waals surface area (Å²) in [6, 6.07) is 7.28. The van der Waals surface area contributed by atoms with Crippen molar-refractivity contribution in [2.24, 2.45) is 0 Å². The minimum Gasteiger partial charge on any atom is -0.476 e.